The molecule has 130 valence electrons. The summed E-state index contributed by atoms with van der Waals surface area (Å²) >= 11 is 0. The van der Waals surface area contributed by atoms with Gasteiger partial charge in [-0.25, -0.2) is 0 Å². The number of allylic oxidation sites excluding steroid dienone is 1. The molecule has 24 heavy (non-hydrogen) atoms. The summed E-state index contributed by atoms with van der Waals surface area (Å²) in [7, 11) is 0. The lowest BCUT2D eigenvalue weighted by Crippen LogP contribution is -2.40. The van der Waals surface area contributed by atoms with Gasteiger partial charge in [-0.3, -0.25) is 9.59 Å². The molecule has 2 amide bonds. The lowest BCUT2D eigenvalue weighted by molar-refractivity contribution is -0.139. The van der Waals surface area contributed by atoms with Gasteiger partial charge in [0.05, 0.1) is 6.10 Å². The number of carbonyl (C=O) groups excluding carboxylic acids is 2. The predicted molar refractivity (Wildman–Crippen MR) is 93.2 cm³/mol. The fourth-order valence-electron chi connectivity index (χ4n) is 2.79. The Morgan fingerprint density at radius 3 is 2.42 bits per heavy atom. The van der Waals surface area contributed by atoms with Crippen molar-refractivity contribution < 1.29 is 14.7 Å². The van der Waals surface area contributed by atoms with Crippen molar-refractivity contribution in [3.05, 3.63) is 47.5 Å². The van der Waals surface area contributed by atoms with Crippen molar-refractivity contribution in [2.24, 2.45) is 0 Å². The van der Waals surface area contributed by atoms with Crippen LogP contribution in [-0.4, -0.2) is 30.0 Å². The van der Waals surface area contributed by atoms with Crippen LogP contribution in [0.2, 0.25) is 0 Å². The summed E-state index contributed by atoms with van der Waals surface area (Å²) in [6, 6.07) is 9.25. The summed E-state index contributed by atoms with van der Waals surface area (Å²) in [5.41, 5.74) is 2.17. The van der Waals surface area contributed by atoms with Crippen LogP contribution in [0.15, 0.2) is 42.0 Å². The molecular weight excluding hydrogens is 304 g/mol. The number of aliphatic hydroxyl groups excluding tert-OH is 1. The standard InChI is InChI=1S/C19H26N2O3/c22-17(16-9-5-2-6-10-16)12-14-21-19(24)18(23)20-13-11-15-7-3-1-4-8-15/h2,5-7,9-10,17,22H,1,3-4,8,11-14H2,(H,20,23)(H,21,24)/t17-/m0/s1. The molecule has 1 atom stereocenters. The fraction of sp³-hybridized carbons (Fsp3) is 0.474. The van der Waals surface area contributed by atoms with Gasteiger partial charge in [0.1, 0.15) is 0 Å². The Labute approximate surface area is 143 Å². The van der Waals surface area contributed by atoms with Crippen LogP contribution >= 0.6 is 0 Å². The second kappa shape index (κ2) is 9.88. The van der Waals surface area contributed by atoms with Crippen LogP contribution < -0.4 is 10.6 Å². The van der Waals surface area contributed by atoms with Crippen molar-refractivity contribution in [2.75, 3.05) is 13.1 Å². The Morgan fingerprint density at radius 1 is 1.04 bits per heavy atom. The van der Waals surface area contributed by atoms with Crippen LogP contribution in [0, 0.1) is 0 Å². The van der Waals surface area contributed by atoms with E-state index in [9.17, 15) is 14.7 Å². The maximum absolute atomic E-state index is 11.7. The molecule has 1 aliphatic carbocycles. The van der Waals surface area contributed by atoms with Gasteiger partial charge in [0.2, 0.25) is 0 Å². The molecule has 0 spiro atoms. The van der Waals surface area contributed by atoms with E-state index in [1.807, 2.05) is 30.3 Å². The second-order valence-corrected chi connectivity index (χ2v) is 6.09. The summed E-state index contributed by atoms with van der Waals surface area (Å²) in [6.07, 6.45) is 7.44. The molecular formula is C19H26N2O3. The molecule has 2 rings (SSSR count). The van der Waals surface area contributed by atoms with E-state index in [2.05, 4.69) is 16.7 Å². The van der Waals surface area contributed by atoms with Gasteiger partial charge in [-0.15, -0.1) is 0 Å². The van der Waals surface area contributed by atoms with Gasteiger partial charge in [0.15, 0.2) is 0 Å². The molecule has 0 saturated heterocycles. The number of nitrogens with one attached hydrogen (secondary N) is 2. The lowest BCUT2D eigenvalue weighted by Gasteiger charge is -2.13. The Kier molecular flexibility index (Phi) is 7.49. The number of amides is 2. The van der Waals surface area contributed by atoms with Crippen molar-refractivity contribution in [1.82, 2.24) is 10.6 Å². The highest BCUT2D eigenvalue weighted by molar-refractivity contribution is 6.35. The maximum atomic E-state index is 11.7. The average Bonchev–Trinajstić information content (AvgIpc) is 2.63. The van der Waals surface area contributed by atoms with E-state index in [-0.39, 0.29) is 6.54 Å². The van der Waals surface area contributed by atoms with E-state index in [0.29, 0.717) is 13.0 Å². The minimum absolute atomic E-state index is 0.257. The quantitative estimate of drug-likeness (QED) is 0.530. The number of rotatable bonds is 7. The van der Waals surface area contributed by atoms with E-state index in [1.165, 1.54) is 18.4 Å². The van der Waals surface area contributed by atoms with Gasteiger partial charge < -0.3 is 15.7 Å². The van der Waals surface area contributed by atoms with Gasteiger partial charge >= 0.3 is 11.8 Å². The Balaban J connectivity index is 1.61. The van der Waals surface area contributed by atoms with Crippen LogP contribution in [0.4, 0.5) is 0 Å². The molecule has 1 aromatic carbocycles. The van der Waals surface area contributed by atoms with Gasteiger partial charge in [-0.05, 0) is 44.1 Å². The Morgan fingerprint density at radius 2 is 1.75 bits per heavy atom. The van der Waals surface area contributed by atoms with E-state index < -0.39 is 17.9 Å². The SMILES string of the molecule is O=C(NCCC1=CCCCC1)C(=O)NCC[C@H](O)c1ccccc1. The molecule has 1 aliphatic rings. The zero-order chi connectivity index (χ0) is 17.2. The summed E-state index contributed by atoms with van der Waals surface area (Å²) in [4.78, 5) is 23.4. The Hall–Kier alpha value is -2.14. The van der Waals surface area contributed by atoms with Crippen molar-refractivity contribution in [3.63, 3.8) is 0 Å². The molecule has 0 unspecified atom stereocenters. The van der Waals surface area contributed by atoms with Crippen LogP contribution in [-0.2, 0) is 9.59 Å². The van der Waals surface area contributed by atoms with E-state index in [0.717, 1.165) is 24.8 Å². The van der Waals surface area contributed by atoms with Crippen LogP contribution in [0.3, 0.4) is 0 Å². The maximum Gasteiger partial charge on any atom is 0.309 e. The molecule has 5 nitrogen and oxygen atoms in total. The first-order valence-corrected chi connectivity index (χ1v) is 8.64. The molecule has 0 saturated carbocycles. The smallest absolute Gasteiger partial charge is 0.309 e. The number of hydrogen-bond donors (Lipinski definition) is 3. The third kappa shape index (κ3) is 6.16. The van der Waals surface area contributed by atoms with Crippen molar-refractivity contribution in [1.29, 1.82) is 0 Å². The van der Waals surface area contributed by atoms with Gasteiger partial charge in [-0.1, -0.05) is 42.0 Å². The predicted octanol–water partition coefficient (Wildman–Crippen LogP) is 2.23. The molecule has 0 heterocycles. The highest BCUT2D eigenvalue weighted by Gasteiger charge is 2.14. The number of hydrogen-bond acceptors (Lipinski definition) is 3. The lowest BCUT2D eigenvalue weighted by atomic mass is 9.97. The zero-order valence-electron chi connectivity index (χ0n) is 14.0. The van der Waals surface area contributed by atoms with Crippen molar-refractivity contribution >= 4 is 11.8 Å². The number of carbonyl (C=O) groups is 2. The minimum atomic E-state index is -0.646. The van der Waals surface area contributed by atoms with Crippen LogP contribution in [0.25, 0.3) is 0 Å². The fourth-order valence-corrected chi connectivity index (χ4v) is 2.79. The molecule has 0 radical (unpaired) electrons. The van der Waals surface area contributed by atoms with E-state index >= 15 is 0 Å². The normalized spacial score (nSPS) is 15.3. The second-order valence-electron chi connectivity index (χ2n) is 6.09. The van der Waals surface area contributed by atoms with E-state index in [4.69, 9.17) is 0 Å². The summed E-state index contributed by atoms with van der Waals surface area (Å²) in [5, 5.41) is 15.2. The molecule has 3 N–H and O–H groups in total. The average molecular weight is 330 g/mol. The Bertz CT molecular complexity index is 569. The summed E-state index contributed by atoms with van der Waals surface area (Å²) in [5.74, 6) is -1.26. The van der Waals surface area contributed by atoms with E-state index in [1.54, 1.807) is 0 Å². The molecule has 0 aliphatic heterocycles. The zero-order valence-corrected chi connectivity index (χ0v) is 14.0. The van der Waals surface area contributed by atoms with Gasteiger partial charge in [0, 0.05) is 13.1 Å². The van der Waals surface area contributed by atoms with Crippen LogP contribution in [0.5, 0.6) is 0 Å². The highest BCUT2D eigenvalue weighted by atomic mass is 16.3. The van der Waals surface area contributed by atoms with Gasteiger partial charge in [-0.2, -0.15) is 0 Å². The van der Waals surface area contributed by atoms with Crippen molar-refractivity contribution in [3.8, 4) is 0 Å². The van der Waals surface area contributed by atoms with Crippen LogP contribution in [0.1, 0.15) is 50.2 Å². The topological polar surface area (TPSA) is 78.4 Å². The largest absolute Gasteiger partial charge is 0.388 e. The summed E-state index contributed by atoms with van der Waals surface area (Å²) < 4.78 is 0. The summed E-state index contributed by atoms with van der Waals surface area (Å²) in [6.45, 7) is 0.748. The highest BCUT2D eigenvalue weighted by Crippen LogP contribution is 2.19. The van der Waals surface area contributed by atoms with Crippen molar-refractivity contribution in [2.45, 2.75) is 44.6 Å². The third-order valence-corrected chi connectivity index (χ3v) is 4.21. The first kappa shape index (κ1) is 18.2. The molecule has 0 fully saturated rings. The molecule has 0 bridgehead atoms. The first-order valence-electron chi connectivity index (χ1n) is 8.64. The van der Waals surface area contributed by atoms with Gasteiger partial charge in [0.25, 0.3) is 0 Å². The first-order chi connectivity index (χ1) is 11.7. The number of aliphatic hydroxyl groups is 1. The molecule has 5 heteroatoms. The number of benzene rings is 1. The minimum Gasteiger partial charge on any atom is -0.388 e. The third-order valence-electron chi connectivity index (χ3n) is 4.21. The molecule has 1 aromatic rings. The molecule has 0 aromatic heterocycles. The monoisotopic (exact) mass is 330 g/mol.